The van der Waals surface area contributed by atoms with Crippen LogP contribution in [0.1, 0.15) is 103 Å². The lowest BCUT2D eigenvalue weighted by atomic mass is 9.99. The van der Waals surface area contributed by atoms with Crippen LogP contribution in [0.3, 0.4) is 0 Å². The van der Waals surface area contributed by atoms with Crippen LogP contribution in [-0.2, 0) is 14.4 Å². The van der Waals surface area contributed by atoms with Gasteiger partial charge in [0.15, 0.2) is 5.82 Å². The summed E-state index contributed by atoms with van der Waals surface area (Å²) in [4.78, 5) is 51.0. The van der Waals surface area contributed by atoms with Crippen molar-refractivity contribution in [3.8, 4) is 32.3 Å². The minimum Gasteiger partial charge on any atom is -0.489 e. The van der Waals surface area contributed by atoms with Crippen LogP contribution in [0, 0.1) is 39.4 Å². The molecule has 0 saturated carbocycles. The Labute approximate surface area is 430 Å². The molecule has 1 unspecified atom stereocenters. The number of aliphatic hydroxyl groups is 1. The Hall–Kier alpha value is -6.53. The van der Waals surface area contributed by atoms with Crippen molar-refractivity contribution in [1.29, 1.82) is 0 Å². The van der Waals surface area contributed by atoms with Gasteiger partial charge in [-0.3, -0.25) is 28.6 Å². The number of hydrogen-bond acceptors (Lipinski definition) is 11. The van der Waals surface area contributed by atoms with Crippen LogP contribution >= 0.6 is 34.3 Å². The lowest BCUT2D eigenvalue weighted by Gasteiger charge is -2.30. The van der Waals surface area contributed by atoms with E-state index in [-0.39, 0.29) is 61.4 Å². The van der Waals surface area contributed by atoms with E-state index in [1.54, 1.807) is 48.1 Å². The molecule has 18 heteroatoms. The fourth-order valence-corrected chi connectivity index (χ4v) is 11.8. The van der Waals surface area contributed by atoms with E-state index in [0.29, 0.717) is 27.8 Å². The minimum atomic E-state index is -0.887. The maximum absolute atomic E-state index is 15.3. The number of thiophene rings is 2. The highest BCUT2D eigenvalue weighted by atomic mass is 35.5. The molecular weight excluding hydrogens is 973 g/mol. The van der Waals surface area contributed by atoms with E-state index in [2.05, 4.69) is 58.1 Å². The third-order valence-corrected chi connectivity index (χ3v) is 15.9. The van der Waals surface area contributed by atoms with Gasteiger partial charge in [0, 0.05) is 56.7 Å². The van der Waals surface area contributed by atoms with Crippen LogP contribution in [0.25, 0.3) is 26.6 Å². The summed E-state index contributed by atoms with van der Waals surface area (Å²) in [7, 11) is 0. The fraction of sp³-hybridized carbons (Fsp3) is 0.352. The molecule has 4 aromatic heterocycles. The number of nitrogens with zero attached hydrogens (tertiary/aromatic N) is 7. The van der Waals surface area contributed by atoms with E-state index in [0.717, 1.165) is 43.4 Å². The number of hydrogen-bond donors (Lipinski definition) is 3. The number of β-amino-alcohol motifs (C(OH)–C–C–N with tert-alkyl or cyclic N) is 1. The van der Waals surface area contributed by atoms with Gasteiger partial charge >= 0.3 is 0 Å². The number of fused-ring (bicyclic) bond motifs is 3. The Morgan fingerprint density at radius 3 is 2.38 bits per heavy atom. The summed E-state index contributed by atoms with van der Waals surface area (Å²) < 4.78 is 25.0. The summed E-state index contributed by atoms with van der Waals surface area (Å²) in [6, 6.07) is 19.3. The van der Waals surface area contributed by atoms with E-state index in [1.807, 2.05) is 80.8 Å². The van der Waals surface area contributed by atoms with Crippen molar-refractivity contribution in [3.05, 3.63) is 146 Å². The lowest BCUT2D eigenvalue weighted by molar-refractivity contribution is -0.142. The minimum absolute atomic E-state index is 0.00124. The Morgan fingerprint density at radius 2 is 1.67 bits per heavy atom. The van der Waals surface area contributed by atoms with Gasteiger partial charge in [0.05, 0.1) is 37.0 Å². The van der Waals surface area contributed by atoms with Gasteiger partial charge in [-0.2, -0.15) is 5.10 Å². The lowest BCUT2D eigenvalue weighted by Crippen LogP contribution is -2.49. The van der Waals surface area contributed by atoms with Crippen molar-refractivity contribution >= 4 is 57.7 Å². The maximum atomic E-state index is 15.3. The van der Waals surface area contributed by atoms with Gasteiger partial charge in [0.1, 0.15) is 46.6 Å². The number of ether oxygens (including phenoxy) is 1. The molecule has 9 rings (SSSR count). The molecule has 3 amide bonds. The van der Waals surface area contributed by atoms with Gasteiger partial charge < -0.3 is 25.4 Å². The van der Waals surface area contributed by atoms with Gasteiger partial charge in [-0.1, -0.05) is 61.8 Å². The largest absolute Gasteiger partial charge is 0.489 e. The van der Waals surface area contributed by atoms with E-state index < -0.39 is 36.2 Å². The zero-order valence-electron chi connectivity index (χ0n) is 41.3. The van der Waals surface area contributed by atoms with Crippen molar-refractivity contribution in [2.75, 3.05) is 13.1 Å². The molecule has 0 aliphatic carbocycles. The van der Waals surface area contributed by atoms with Crippen LogP contribution in [0.4, 0.5) is 4.39 Å². The van der Waals surface area contributed by atoms with Crippen LogP contribution in [0.5, 0.6) is 5.75 Å². The molecule has 374 valence electrons. The summed E-state index contributed by atoms with van der Waals surface area (Å²) >= 11 is 9.59. The number of rotatable bonds is 15. The molecule has 3 N–H and O–H groups in total. The van der Waals surface area contributed by atoms with Crippen LogP contribution < -0.4 is 15.4 Å². The Morgan fingerprint density at radius 1 is 0.931 bits per heavy atom. The first-order valence-electron chi connectivity index (χ1n) is 24.0. The van der Waals surface area contributed by atoms with Crippen molar-refractivity contribution in [1.82, 2.24) is 40.1 Å². The molecule has 2 aliphatic heterocycles. The molecule has 0 radical (unpaired) electrons. The molecule has 2 aliphatic rings. The Kier molecular flexibility index (Phi) is 14.6. The second kappa shape index (κ2) is 20.9. The number of aliphatic hydroxyl groups excluding tert-OH is 1. The molecule has 0 spiro atoms. The number of likely N-dealkylation sites (tertiary alicyclic amines) is 1. The molecule has 3 aromatic carbocycles. The highest BCUT2D eigenvalue weighted by Gasteiger charge is 2.43. The monoisotopic (exact) mass is 1030 g/mol. The van der Waals surface area contributed by atoms with E-state index in [1.165, 1.54) is 32.2 Å². The number of aliphatic imine (C=N–C) groups is 1. The summed E-state index contributed by atoms with van der Waals surface area (Å²) in [6.45, 7) is 15.7. The summed E-state index contributed by atoms with van der Waals surface area (Å²) in [5.41, 5.74) is 7.90. The predicted molar refractivity (Wildman–Crippen MR) is 280 cm³/mol. The van der Waals surface area contributed by atoms with Gasteiger partial charge in [0.2, 0.25) is 17.7 Å². The number of benzene rings is 3. The standard InChI is InChI=1S/C54H57ClFN9O5S2/c1-28(2)49(53(69)63-27-42(66)22-45(63)52(68)59-32(6)35-9-11-37(12-10-35)50-29(3)17-18-71-50)64-26-39(25-58-64)38-19-41(56)21-43(20-38)70-30(4)24-57-46(67)23-44-51-62-61-34(8)65(51)54-47(31(5)33(7)72-54)48(60-44)36-13-15-40(55)16-14-36/h9-21,25-26,28,30,32,42,44-45,49,66H,22-24,27H2,1-8H3,(H,57,67)(H,59,68)/t30-,32+,42-,44+,45+,49?/m1/s1. The molecule has 1 fully saturated rings. The molecule has 14 nitrogen and oxygen atoms in total. The summed E-state index contributed by atoms with van der Waals surface area (Å²) in [5.74, 6) is -0.310. The predicted octanol–water partition coefficient (Wildman–Crippen LogP) is 9.85. The van der Waals surface area contributed by atoms with E-state index in [9.17, 15) is 19.5 Å². The second-order valence-corrected chi connectivity index (χ2v) is 21.7. The fourth-order valence-electron chi connectivity index (χ4n) is 9.51. The van der Waals surface area contributed by atoms with E-state index >= 15 is 4.39 Å². The number of halogens is 2. The van der Waals surface area contributed by atoms with Crippen molar-refractivity contribution in [2.45, 2.75) is 105 Å². The van der Waals surface area contributed by atoms with Gasteiger partial charge in [-0.05, 0) is 111 Å². The zero-order valence-corrected chi connectivity index (χ0v) is 43.7. The van der Waals surface area contributed by atoms with Gasteiger partial charge in [0.25, 0.3) is 0 Å². The third-order valence-electron chi connectivity index (χ3n) is 13.4. The van der Waals surface area contributed by atoms with Crippen LogP contribution in [-0.4, -0.2) is 89.3 Å². The zero-order chi connectivity index (χ0) is 51.1. The highest BCUT2D eigenvalue weighted by Crippen LogP contribution is 2.40. The molecule has 1 saturated heterocycles. The highest BCUT2D eigenvalue weighted by molar-refractivity contribution is 7.15. The molecule has 7 aromatic rings. The van der Waals surface area contributed by atoms with Gasteiger partial charge in [-0.25, -0.2) is 4.39 Å². The smallest absolute Gasteiger partial charge is 0.248 e. The van der Waals surface area contributed by atoms with Crippen molar-refractivity contribution < 1.29 is 28.6 Å². The first-order chi connectivity index (χ1) is 34.4. The van der Waals surface area contributed by atoms with Gasteiger partial charge in [-0.15, -0.1) is 32.9 Å². The number of carbonyl (C=O) groups excluding carboxylic acids is 3. The topological polar surface area (TPSA) is 169 Å². The molecule has 6 heterocycles. The number of carbonyl (C=O) groups is 3. The Balaban J connectivity index is 0.850. The quantitative estimate of drug-likeness (QED) is 0.0912. The molecule has 72 heavy (non-hydrogen) atoms. The Bertz CT molecular complexity index is 3180. The molecule has 6 atom stereocenters. The third kappa shape index (κ3) is 10.4. The number of amides is 3. The van der Waals surface area contributed by atoms with Crippen molar-refractivity contribution in [3.63, 3.8) is 0 Å². The maximum Gasteiger partial charge on any atom is 0.248 e. The number of nitrogens with one attached hydrogen (secondary N) is 2. The first-order valence-corrected chi connectivity index (χ1v) is 26.1. The first kappa shape index (κ1) is 50.4. The molecular formula is C54H57ClFN9O5S2. The summed E-state index contributed by atoms with van der Waals surface area (Å²) in [6.07, 6.45) is 1.87. The van der Waals surface area contributed by atoms with Crippen molar-refractivity contribution in [2.24, 2.45) is 10.9 Å². The normalized spacial score (nSPS) is 17.7. The number of aryl methyl sites for hydroxylation is 3. The van der Waals surface area contributed by atoms with Crippen LogP contribution in [0.2, 0.25) is 5.02 Å². The second-order valence-electron chi connectivity index (χ2n) is 19.1. The molecule has 0 bridgehead atoms. The van der Waals surface area contributed by atoms with Crippen LogP contribution in [0.15, 0.2) is 95.6 Å². The average molecular weight is 1030 g/mol. The van der Waals surface area contributed by atoms with E-state index in [4.69, 9.17) is 21.3 Å². The number of aromatic nitrogens is 5. The summed E-state index contributed by atoms with van der Waals surface area (Å²) in [5, 5.41) is 33.9. The average Bonchev–Trinajstić information content (AvgIpc) is 4.19. The SMILES string of the molecule is Cc1ccsc1-c1ccc([C@H](C)NC(=O)[C@@H]2C[C@@H](O)CN2C(=O)C(C(C)C)n2cc(-c3cc(F)cc(O[C@H](C)CNC(=O)C[C@@H]4N=C(c5ccc(Cl)cc5)c5c(sc(C)c5C)-n5c(C)nnc54)c3)cn2)cc1.